The molecule has 2 fully saturated rings. The Morgan fingerprint density at radius 1 is 0.895 bits per heavy atom. The predicted molar refractivity (Wildman–Crippen MR) is 153 cm³/mol. The molecule has 2 saturated carbocycles. The van der Waals surface area contributed by atoms with Crippen LogP contribution in [-0.2, 0) is 27.3 Å². The lowest BCUT2D eigenvalue weighted by Gasteiger charge is -2.30. The Morgan fingerprint density at radius 2 is 1.61 bits per heavy atom. The minimum atomic E-state index is -0.863. The summed E-state index contributed by atoms with van der Waals surface area (Å²) < 4.78 is 14.1. The van der Waals surface area contributed by atoms with Crippen molar-refractivity contribution in [3.8, 4) is 11.1 Å². The van der Waals surface area contributed by atoms with E-state index in [-0.39, 0.29) is 24.2 Å². The molecule has 4 atom stereocenters. The molecule has 0 N–H and O–H groups in total. The number of anilines is 2. The largest absolute Gasteiger partial charge is 0.469 e. The lowest BCUT2D eigenvalue weighted by atomic mass is 9.87. The summed E-state index contributed by atoms with van der Waals surface area (Å²) in [5, 5.41) is 0. The quantitative estimate of drug-likeness (QED) is 0.308. The Labute approximate surface area is 227 Å². The van der Waals surface area contributed by atoms with Gasteiger partial charge in [0.2, 0.25) is 5.91 Å². The number of carbonyl (C=O) groups excluding carboxylic acids is 2. The van der Waals surface area contributed by atoms with Gasteiger partial charge in [-0.2, -0.15) is 0 Å². The highest BCUT2D eigenvalue weighted by Crippen LogP contribution is 2.49. The second kappa shape index (κ2) is 11.4. The summed E-state index contributed by atoms with van der Waals surface area (Å²) in [5.74, 6) is 0.831. The molecule has 38 heavy (non-hydrogen) atoms. The molecule has 5 nitrogen and oxygen atoms in total. The Morgan fingerprint density at radius 3 is 2.21 bits per heavy atom. The highest BCUT2D eigenvalue weighted by Gasteiger charge is 2.44. The van der Waals surface area contributed by atoms with Crippen LogP contribution in [0, 0.1) is 17.8 Å². The van der Waals surface area contributed by atoms with Crippen molar-refractivity contribution >= 4 is 23.3 Å². The molecule has 198 valence electrons. The average Bonchev–Trinajstić information content (AvgIpc) is 3.60. The van der Waals surface area contributed by atoms with E-state index in [9.17, 15) is 11.0 Å². The number of hydrogen-bond acceptors (Lipinski definition) is 4. The van der Waals surface area contributed by atoms with Gasteiger partial charge in [-0.3, -0.25) is 9.59 Å². The maximum Gasteiger partial charge on any atom is 0.305 e. The Bertz CT molecular complexity index is 1310. The second-order valence-corrected chi connectivity index (χ2v) is 10.9. The van der Waals surface area contributed by atoms with Crippen molar-refractivity contribution in [3.05, 3.63) is 83.9 Å². The van der Waals surface area contributed by atoms with E-state index in [0.29, 0.717) is 23.9 Å². The van der Waals surface area contributed by atoms with Gasteiger partial charge in [-0.25, -0.2) is 0 Å². The standard InChI is InChI=1S/C33H38N2O3/c1-34(2)29-16-14-27(15-17-29)26-11-7-24(8-12-26)22-35(33(37)31-21-25-9-13-28(31)19-25)30-6-4-5-23(20-30)10-18-32(36)38-3/h4-8,11-12,14-17,20,25,28,31H,9-10,13,18-19,21-22H2,1-3H3/i22D/t22-,25?,28?,31?/m1/s1. The van der Waals surface area contributed by atoms with Crippen molar-refractivity contribution in [2.24, 2.45) is 17.8 Å². The summed E-state index contributed by atoms with van der Waals surface area (Å²) >= 11 is 0. The summed E-state index contributed by atoms with van der Waals surface area (Å²) in [6.07, 6.45) is 5.20. The van der Waals surface area contributed by atoms with Gasteiger partial charge in [-0.15, -0.1) is 0 Å². The van der Waals surface area contributed by atoms with Crippen molar-refractivity contribution in [2.45, 2.75) is 45.0 Å². The molecule has 5 heteroatoms. The Hall–Kier alpha value is -3.60. The fourth-order valence-electron chi connectivity index (χ4n) is 6.06. The molecule has 5 rings (SSSR count). The van der Waals surface area contributed by atoms with Crippen LogP contribution in [0.5, 0.6) is 0 Å². The van der Waals surface area contributed by atoms with Crippen LogP contribution in [-0.4, -0.2) is 33.1 Å². The third-order valence-corrected chi connectivity index (χ3v) is 8.23. The maximum atomic E-state index is 14.1. The monoisotopic (exact) mass is 511 g/mol. The Balaban J connectivity index is 1.42. The molecule has 3 unspecified atom stereocenters. The number of hydrogen-bond donors (Lipinski definition) is 0. The summed E-state index contributed by atoms with van der Waals surface area (Å²) in [7, 11) is 5.44. The van der Waals surface area contributed by atoms with Gasteiger partial charge in [0, 0.05) is 37.8 Å². The number of esters is 1. The van der Waals surface area contributed by atoms with Gasteiger partial charge in [0.25, 0.3) is 0 Å². The zero-order valence-corrected chi connectivity index (χ0v) is 22.6. The third-order valence-electron chi connectivity index (χ3n) is 8.23. The van der Waals surface area contributed by atoms with E-state index < -0.39 is 6.52 Å². The highest BCUT2D eigenvalue weighted by molar-refractivity contribution is 5.95. The highest BCUT2D eigenvalue weighted by atomic mass is 16.5. The first kappa shape index (κ1) is 24.7. The molecule has 0 aromatic heterocycles. The van der Waals surface area contributed by atoms with Crippen molar-refractivity contribution in [3.63, 3.8) is 0 Å². The second-order valence-electron chi connectivity index (χ2n) is 10.9. The predicted octanol–water partition coefficient (Wildman–Crippen LogP) is 6.49. The maximum absolute atomic E-state index is 14.1. The smallest absolute Gasteiger partial charge is 0.305 e. The van der Waals surface area contributed by atoms with E-state index in [1.807, 2.05) is 62.6 Å². The molecule has 0 aliphatic heterocycles. The van der Waals surface area contributed by atoms with Crippen LogP contribution in [0.15, 0.2) is 72.8 Å². The van der Waals surface area contributed by atoms with Crippen LogP contribution in [0.25, 0.3) is 11.1 Å². The number of benzene rings is 3. The molecule has 3 aromatic rings. The SMILES string of the molecule is [2H][C@H](c1ccc(-c2ccc(N(C)C)cc2)cc1)N(C(=O)C1CC2CCC1C2)c1cccc(CCC(=O)OC)c1. The molecule has 2 aliphatic rings. The fourth-order valence-corrected chi connectivity index (χ4v) is 6.06. The summed E-state index contributed by atoms with van der Waals surface area (Å²) in [6.45, 7) is -0.863. The van der Waals surface area contributed by atoms with E-state index in [1.165, 1.54) is 13.5 Å². The number of amides is 1. The zero-order chi connectivity index (χ0) is 27.5. The molecule has 0 saturated heterocycles. The van der Waals surface area contributed by atoms with Gasteiger partial charge in [-0.05, 0) is 84.0 Å². The molecule has 0 radical (unpaired) electrons. The van der Waals surface area contributed by atoms with Crippen LogP contribution >= 0.6 is 0 Å². The van der Waals surface area contributed by atoms with E-state index >= 15 is 0 Å². The first-order valence-corrected chi connectivity index (χ1v) is 13.6. The number of nitrogens with zero attached hydrogens (tertiary/aromatic N) is 2. The Kier molecular flexibility index (Phi) is 7.43. The topological polar surface area (TPSA) is 49.9 Å². The van der Waals surface area contributed by atoms with E-state index in [0.717, 1.165) is 47.2 Å². The molecule has 2 aliphatic carbocycles. The number of rotatable bonds is 9. The van der Waals surface area contributed by atoms with Crippen molar-refractivity contribution in [1.82, 2.24) is 0 Å². The summed E-state index contributed by atoms with van der Waals surface area (Å²) in [5.41, 5.74) is 5.78. The lowest BCUT2D eigenvalue weighted by Crippen LogP contribution is -2.38. The number of methoxy groups -OCH3 is 1. The zero-order valence-electron chi connectivity index (χ0n) is 23.6. The van der Waals surface area contributed by atoms with E-state index in [4.69, 9.17) is 4.74 Å². The van der Waals surface area contributed by atoms with Gasteiger partial charge < -0.3 is 14.5 Å². The minimum Gasteiger partial charge on any atom is -0.469 e. The molecule has 2 bridgehead atoms. The summed E-state index contributed by atoms with van der Waals surface area (Å²) in [4.78, 5) is 29.5. The first-order chi connectivity index (χ1) is 18.8. The van der Waals surface area contributed by atoms with Gasteiger partial charge >= 0.3 is 5.97 Å². The molecular weight excluding hydrogens is 472 g/mol. The van der Waals surface area contributed by atoms with E-state index in [1.54, 1.807) is 4.90 Å². The fraction of sp³-hybridized carbons (Fsp3) is 0.394. The van der Waals surface area contributed by atoms with Gasteiger partial charge in [-0.1, -0.05) is 55.0 Å². The number of carbonyl (C=O) groups is 2. The molecule has 0 spiro atoms. The number of ether oxygens (including phenoxy) is 1. The van der Waals surface area contributed by atoms with Crippen LogP contribution in [0.3, 0.4) is 0 Å². The van der Waals surface area contributed by atoms with Crippen molar-refractivity contribution in [1.29, 1.82) is 0 Å². The lowest BCUT2D eigenvalue weighted by molar-refractivity contribution is -0.140. The molecule has 3 aromatic carbocycles. The molecular formula is C33H38N2O3. The van der Waals surface area contributed by atoms with Gasteiger partial charge in [0.05, 0.1) is 15.0 Å². The number of aryl methyl sites for hydroxylation is 1. The van der Waals surface area contributed by atoms with Crippen LogP contribution in [0.2, 0.25) is 0 Å². The third kappa shape index (κ3) is 5.77. The van der Waals surface area contributed by atoms with Crippen LogP contribution < -0.4 is 9.80 Å². The molecule has 0 heterocycles. The van der Waals surface area contributed by atoms with Crippen molar-refractivity contribution < 1.29 is 15.7 Å². The normalized spacial score (nSPS) is 21.0. The van der Waals surface area contributed by atoms with Crippen LogP contribution in [0.4, 0.5) is 11.4 Å². The minimum absolute atomic E-state index is 0.0233. The van der Waals surface area contributed by atoms with E-state index in [2.05, 4.69) is 29.2 Å². The van der Waals surface area contributed by atoms with Gasteiger partial charge in [0.15, 0.2) is 0 Å². The molecule has 1 amide bonds. The average molecular weight is 512 g/mol. The summed E-state index contributed by atoms with van der Waals surface area (Å²) in [6, 6.07) is 24.1. The van der Waals surface area contributed by atoms with Gasteiger partial charge in [0.1, 0.15) is 0 Å². The van der Waals surface area contributed by atoms with Crippen molar-refractivity contribution in [2.75, 3.05) is 31.0 Å². The number of fused-ring (bicyclic) bond motifs is 2. The first-order valence-electron chi connectivity index (χ1n) is 14.2. The van der Waals surface area contributed by atoms with Crippen LogP contribution in [0.1, 0.15) is 44.6 Å².